The molecule has 2 heterocycles. The molecule has 0 radical (unpaired) electrons. The van der Waals surface area contributed by atoms with Gasteiger partial charge in [0.1, 0.15) is 29.0 Å². The molecule has 1 fully saturated rings. The summed E-state index contributed by atoms with van der Waals surface area (Å²) in [6.07, 6.45) is 2.29. The number of nitrogens with zero attached hydrogens (tertiary/aromatic N) is 4. The van der Waals surface area contributed by atoms with Crippen molar-refractivity contribution in [3.05, 3.63) is 59.9 Å². The molecule has 0 spiro atoms. The molecular weight excluding hydrogens is 393 g/mol. The van der Waals surface area contributed by atoms with Crippen LogP contribution in [-0.4, -0.2) is 26.3 Å². The van der Waals surface area contributed by atoms with Crippen molar-refractivity contribution in [3.63, 3.8) is 0 Å². The van der Waals surface area contributed by atoms with Crippen molar-refractivity contribution in [1.29, 1.82) is 0 Å². The Labute approximate surface area is 169 Å². The van der Waals surface area contributed by atoms with Gasteiger partial charge in [-0.25, -0.2) is 22.8 Å². The van der Waals surface area contributed by atoms with Crippen molar-refractivity contribution in [2.75, 3.05) is 17.6 Å². The van der Waals surface area contributed by atoms with Crippen LogP contribution in [-0.2, 0) is 0 Å². The minimum atomic E-state index is -0.691. The fourth-order valence-corrected chi connectivity index (χ4v) is 3.32. The standard InChI is InChI=1S/C21H17F3N6/c22-13-3-1-2-12(8-13)18-17-19(25)30(16-9-14(23)6-7-15(16)24)29-20(17)28-21(27-18)26-10-11-4-5-11/h1-3,6-9,11H,4-5,10,25H2,(H,26,28,29). The number of rotatable bonds is 5. The molecular formula is C21H17F3N6. The van der Waals surface area contributed by atoms with E-state index in [-0.39, 0.29) is 17.2 Å². The highest BCUT2D eigenvalue weighted by atomic mass is 19.1. The summed E-state index contributed by atoms with van der Waals surface area (Å²) < 4.78 is 43.1. The SMILES string of the molecule is Nc1c2c(-c3cccc(F)c3)nc(NCC3CC3)nc2nn1-c1cc(F)ccc1F. The summed E-state index contributed by atoms with van der Waals surface area (Å²) in [6, 6.07) is 8.90. The zero-order chi connectivity index (χ0) is 20.8. The van der Waals surface area contributed by atoms with Crippen LogP contribution in [0.4, 0.5) is 24.9 Å². The summed E-state index contributed by atoms with van der Waals surface area (Å²) in [5.41, 5.74) is 7.15. The van der Waals surface area contributed by atoms with Crippen LogP contribution < -0.4 is 11.1 Å². The molecule has 1 saturated carbocycles. The Morgan fingerprint density at radius 2 is 1.83 bits per heavy atom. The lowest BCUT2D eigenvalue weighted by atomic mass is 10.1. The van der Waals surface area contributed by atoms with Crippen LogP contribution in [0, 0.1) is 23.4 Å². The molecule has 0 amide bonds. The Balaban J connectivity index is 1.72. The smallest absolute Gasteiger partial charge is 0.225 e. The largest absolute Gasteiger partial charge is 0.383 e. The molecule has 0 bridgehead atoms. The highest BCUT2D eigenvalue weighted by Gasteiger charge is 2.23. The Morgan fingerprint density at radius 3 is 2.60 bits per heavy atom. The maximum Gasteiger partial charge on any atom is 0.225 e. The summed E-state index contributed by atoms with van der Waals surface area (Å²) in [5, 5.41) is 7.80. The third-order valence-electron chi connectivity index (χ3n) is 5.05. The van der Waals surface area contributed by atoms with Gasteiger partial charge >= 0.3 is 0 Å². The molecule has 2 aromatic heterocycles. The Bertz CT molecular complexity index is 1270. The zero-order valence-electron chi connectivity index (χ0n) is 15.7. The van der Waals surface area contributed by atoms with Crippen molar-refractivity contribution in [3.8, 4) is 16.9 Å². The fraction of sp³-hybridized carbons (Fsp3) is 0.190. The summed E-state index contributed by atoms with van der Waals surface area (Å²) >= 11 is 0. The van der Waals surface area contributed by atoms with E-state index < -0.39 is 17.5 Å². The minimum absolute atomic E-state index is 0.0301. The number of hydrogen-bond donors (Lipinski definition) is 2. The number of benzene rings is 2. The maximum absolute atomic E-state index is 14.4. The van der Waals surface area contributed by atoms with Gasteiger partial charge in [-0.3, -0.25) is 0 Å². The number of aromatic nitrogens is 4. The molecule has 6 nitrogen and oxygen atoms in total. The van der Waals surface area contributed by atoms with Crippen molar-refractivity contribution in [2.24, 2.45) is 5.92 Å². The average Bonchev–Trinajstić information content (AvgIpc) is 3.50. The van der Waals surface area contributed by atoms with E-state index in [1.807, 2.05) is 0 Å². The van der Waals surface area contributed by atoms with Crippen molar-refractivity contribution >= 4 is 22.8 Å². The van der Waals surface area contributed by atoms with E-state index >= 15 is 0 Å². The quantitative estimate of drug-likeness (QED) is 0.513. The highest BCUT2D eigenvalue weighted by molar-refractivity contribution is 5.99. The van der Waals surface area contributed by atoms with Crippen LogP contribution in [0.25, 0.3) is 28.0 Å². The minimum Gasteiger partial charge on any atom is -0.383 e. The van der Waals surface area contributed by atoms with Gasteiger partial charge in [0, 0.05) is 18.2 Å². The van der Waals surface area contributed by atoms with Crippen LogP contribution in [0.15, 0.2) is 42.5 Å². The molecule has 152 valence electrons. The maximum atomic E-state index is 14.4. The molecule has 5 rings (SSSR count). The normalized spacial score (nSPS) is 13.7. The first kappa shape index (κ1) is 18.4. The van der Waals surface area contributed by atoms with Gasteiger partial charge in [0.15, 0.2) is 5.65 Å². The van der Waals surface area contributed by atoms with E-state index in [1.165, 1.54) is 12.1 Å². The van der Waals surface area contributed by atoms with Crippen LogP contribution >= 0.6 is 0 Å². The van der Waals surface area contributed by atoms with Crippen LogP contribution in [0.1, 0.15) is 12.8 Å². The van der Waals surface area contributed by atoms with Crippen molar-refractivity contribution in [2.45, 2.75) is 12.8 Å². The number of anilines is 2. The van der Waals surface area contributed by atoms with E-state index in [4.69, 9.17) is 5.73 Å². The summed E-state index contributed by atoms with van der Waals surface area (Å²) in [4.78, 5) is 8.93. The summed E-state index contributed by atoms with van der Waals surface area (Å²) in [6.45, 7) is 0.711. The van der Waals surface area contributed by atoms with Gasteiger partial charge in [0.25, 0.3) is 0 Å². The summed E-state index contributed by atoms with van der Waals surface area (Å²) in [5.74, 6) is -0.836. The lowest BCUT2D eigenvalue weighted by Crippen LogP contribution is -2.07. The first-order chi connectivity index (χ1) is 14.5. The second kappa shape index (κ2) is 7.01. The predicted molar refractivity (Wildman–Crippen MR) is 108 cm³/mol. The number of fused-ring (bicyclic) bond motifs is 1. The van der Waals surface area contributed by atoms with E-state index in [1.54, 1.807) is 12.1 Å². The second-order valence-electron chi connectivity index (χ2n) is 7.32. The third-order valence-corrected chi connectivity index (χ3v) is 5.05. The Hall–Kier alpha value is -3.62. The number of nitrogens with one attached hydrogen (secondary N) is 1. The van der Waals surface area contributed by atoms with Gasteiger partial charge in [-0.1, -0.05) is 12.1 Å². The van der Waals surface area contributed by atoms with Crippen LogP contribution in [0.2, 0.25) is 0 Å². The molecule has 9 heteroatoms. The van der Waals surface area contributed by atoms with Gasteiger partial charge in [0.05, 0.1) is 11.1 Å². The monoisotopic (exact) mass is 410 g/mol. The number of nitrogen functional groups attached to an aromatic ring is 1. The fourth-order valence-electron chi connectivity index (χ4n) is 3.32. The topological polar surface area (TPSA) is 81.7 Å². The molecule has 1 aliphatic rings. The van der Waals surface area contributed by atoms with Gasteiger partial charge in [-0.2, -0.15) is 4.98 Å². The predicted octanol–water partition coefficient (Wildman–Crippen LogP) is 4.30. The van der Waals surface area contributed by atoms with Gasteiger partial charge < -0.3 is 11.1 Å². The van der Waals surface area contributed by atoms with E-state index in [2.05, 4.69) is 20.4 Å². The summed E-state index contributed by atoms with van der Waals surface area (Å²) in [7, 11) is 0. The Kier molecular flexibility index (Phi) is 4.30. The average molecular weight is 410 g/mol. The number of halogens is 3. The molecule has 2 aromatic carbocycles. The molecule has 0 unspecified atom stereocenters. The number of hydrogen-bond acceptors (Lipinski definition) is 5. The Morgan fingerprint density at radius 1 is 1.03 bits per heavy atom. The number of nitrogens with two attached hydrogens (primary N) is 1. The van der Waals surface area contributed by atoms with E-state index in [0.29, 0.717) is 35.1 Å². The van der Waals surface area contributed by atoms with Crippen molar-refractivity contribution < 1.29 is 13.2 Å². The lowest BCUT2D eigenvalue weighted by molar-refractivity contribution is 0.588. The first-order valence-corrected chi connectivity index (χ1v) is 9.51. The zero-order valence-corrected chi connectivity index (χ0v) is 15.7. The molecule has 0 aliphatic heterocycles. The highest BCUT2D eigenvalue weighted by Crippen LogP contribution is 2.34. The van der Waals surface area contributed by atoms with Crippen molar-refractivity contribution in [1.82, 2.24) is 19.7 Å². The third kappa shape index (κ3) is 3.32. The molecule has 0 atom stereocenters. The molecule has 1 aliphatic carbocycles. The first-order valence-electron chi connectivity index (χ1n) is 9.51. The van der Waals surface area contributed by atoms with Gasteiger partial charge in [-0.05, 0) is 43.0 Å². The van der Waals surface area contributed by atoms with Crippen LogP contribution in [0.3, 0.4) is 0 Å². The van der Waals surface area contributed by atoms with Gasteiger partial charge in [-0.15, -0.1) is 5.10 Å². The molecule has 3 N–H and O–H groups in total. The molecule has 30 heavy (non-hydrogen) atoms. The molecule has 4 aromatic rings. The lowest BCUT2D eigenvalue weighted by Gasteiger charge is -2.08. The second-order valence-corrected chi connectivity index (χ2v) is 7.32. The van der Waals surface area contributed by atoms with E-state index in [0.717, 1.165) is 35.7 Å². The van der Waals surface area contributed by atoms with Crippen LogP contribution in [0.5, 0.6) is 0 Å². The van der Waals surface area contributed by atoms with E-state index in [9.17, 15) is 13.2 Å². The van der Waals surface area contributed by atoms with Gasteiger partial charge in [0.2, 0.25) is 5.95 Å². The molecule has 0 saturated heterocycles.